The standard InChI is InChI=1S/C11H8BrClN4/c12-6-2-1-3-9-7-14-17(8-9)11-5-4-10(13)15-16-11/h4-5,7-8H,2,6H2. The zero-order valence-corrected chi connectivity index (χ0v) is 11.1. The summed E-state index contributed by atoms with van der Waals surface area (Å²) in [5.41, 5.74) is 0.850. The molecule has 0 atom stereocenters. The molecule has 0 saturated heterocycles. The van der Waals surface area contributed by atoms with Crippen LogP contribution in [0.3, 0.4) is 0 Å². The predicted octanol–water partition coefficient (Wildman–Crippen LogP) is 2.45. The summed E-state index contributed by atoms with van der Waals surface area (Å²) in [5.74, 6) is 6.64. The molecule has 0 amide bonds. The molecule has 0 aliphatic heterocycles. The van der Waals surface area contributed by atoms with Gasteiger partial charge in [-0.15, -0.1) is 10.2 Å². The Morgan fingerprint density at radius 2 is 2.24 bits per heavy atom. The number of halogens is 2. The summed E-state index contributed by atoms with van der Waals surface area (Å²) in [5, 5.41) is 13.1. The van der Waals surface area contributed by atoms with Crippen LogP contribution in [0.15, 0.2) is 24.5 Å². The van der Waals surface area contributed by atoms with Gasteiger partial charge in [-0.2, -0.15) is 5.10 Å². The first-order valence-corrected chi connectivity index (χ1v) is 6.38. The van der Waals surface area contributed by atoms with Crippen molar-refractivity contribution in [2.45, 2.75) is 6.42 Å². The van der Waals surface area contributed by atoms with Crippen LogP contribution < -0.4 is 0 Å². The third-order valence-corrected chi connectivity index (χ3v) is 2.49. The molecule has 4 nitrogen and oxygen atoms in total. The van der Waals surface area contributed by atoms with E-state index in [2.05, 4.69) is 43.1 Å². The molecule has 0 fully saturated rings. The van der Waals surface area contributed by atoms with Gasteiger partial charge in [0.25, 0.3) is 0 Å². The Bertz CT molecular complexity index is 553. The van der Waals surface area contributed by atoms with E-state index in [1.54, 1.807) is 29.2 Å². The summed E-state index contributed by atoms with van der Waals surface area (Å²) < 4.78 is 1.61. The minimum Gasteiger partial charge on any atom is -0.220 e. The summed E-state index contributed by atoms with van der Waals surface area (Å²) in [6, 6.07) is 3.42. The molecule has 86 valence electrons. The van der Waals surface area contributed by atoms with Crippen molar-refractivity contribution >= 4 is 27.5 Å². The Morgan fingerprint density at radius 3 is 2.94 bits per heavy atom. The average molecular weight is 312 g/mol. The molecule has 0 saturated carbocycles. The highest BCUT2D eigenvalue weighted by atomic mass is 79.9. The Kier molecular flexibility index (Phi) is 4.13. The fourth-order valence-electron chi connectivity index (χ4n) is 1.16. The SMILES string of the molecule is Clc1ccc(-n2cc(C#CCCBr)cn2)nn1. The van der Waals surface area contributed by atoms with E-state index in [0.717, 1.165) is 17.3 Å². The van der Waals surface area contributed by atoms with Crippen LogP contribution in [-0.4, -0.2) is 25.3 Å². The lowest BCUT2D eigenvalue weighted by Crippen LogP contribution is -1.98. The summed E-state index contributed by atoms with van der Waals surface area (Å²) >= 11 is 8.98. The van der Waals surface area contributed by atoms with E-state index in [9.17, 15) is 0 Å². The highest BCUT2D eigenvalue weighted by Crippen LogP contribution is 2.07. The van der Waals surface area contributed by atoms with Crippen LogP contribution in [0.4, 0.5) is 0 Å². The third-order valence-electron chi connectivity index (χ3n) is 1.89. The van der Waals surface area contributed by atoms with Crippen LogP contribution in [0.25, 0.3) is 5.82 Å². The van der Waals surface area contributed by atoms with Crippen molar-refractivity contribution in [1.82, 2.24) is 20.0 Å². The van der Waals surface area contributed by atoms with Crippen molar-refractivity contribution in [2.75, 3.05) is 5.33 Å². The third kappa shape index (κ3) is 3.29. The zero-order chi connectivity index (χ0) is 12.1. The molecule has 2 aromatic rings. The van der Waals surface area contributed by atoms with Crippen LogP contribution in [-0.2, 0) is 0 Å². The van der Waals surface area contributed by atoms with Crippen LogP contribution in [0.5, 0.6) is 0 Å². The second kappa shape index (κ2) is 5.80. The summed E-state index contributed by atoms with van der Waals surface area (Å²) in [6.45, 7) is 0. The molecule has 0 aliphatic rings. The Morgan fingerprint density at radius 1 is 1.35 bits per heavy atom. The van der Waals surface area contributed by atoms with Gasteiger partial charge in [-0.25, -0.2) is 4.68 Å². The molecule has 2 aromatic heterocycles. The minimum atomic E-state index is 0.359. The van der Waals surface area contributed by atoms with E-state index in [1.165, 1.54) is 0 Å². The minimum absolute atomic E-state index is 0.359. The van der Waals surface area contributed by atoms with Gasteiger partial charge in [0.05, 0.1) is 11.8 Å². The van der Waals surface area contributed by atoms with Gasteiger partial charge in [0, 0.05) is 17.9 Å². The molecule has 0 unspecified atom stereocenters. The molecule has 6 heteroatoms. The quantitative estimate of drug-likeness (QED) is 0.632. The Labute approximate surface area is 112 Å². The van der Waals surface area contributed by atoms with Gasteiger partial charge in [-0.05, 0) is 12.1 Å². The van der Waals surface area contributed by atoms with Crippen molar-refractivity contribution in [1.29, 1.82) is 0 Å². The average Bonchev–Trinajstić information content (AvgIpc) is 2.79. The number of nitrogens with zero attached hydrogens (tertiary/aromatic N) is 4. The molecular weight excluding hydrogens is 304 g/mol. The Hall–Kier alpha value is -1.38. The molecule has 0 bridgehead atoms. The maximum Gasteiger partial charge on any atom is 0.175 e. The van der Waals surface area contributed by atoms with Crippen LogP contribution in [0.1, 0.15) is 12.0 Å². The first-order valence-electron chi connectivity index (χ1n) is 4.89. The maximum atomic E-state index is 5.66. The molecule has 0 aromatic carbocycles. The monoisotopic (exact) mass is 310 g/mol. The largest absolute Gasteiger partial charge is 0.220 e. The number of aromatic nitrogens is 4. The molecule has 2 heterocycles. The first-order chi connectivity index (χ1) is 8.29. The number of hydrogen-bond donors (Lipinski definition) is 0. The van der Waals surface area contributed by atoms with Crippen molar-refractivity contribution in [2.24, 2.45) is 0 Å². The van der Waals surface area contributed by atoms with Crippen molar-refractivity contribution in [3.05, 3.63) is 35.2 Å². The van der Waals surface area contributed by atoms with Gasteiger partial charge in [0.15, 0.2) is 11.0 Å². The van der Waals surface area contributed by atoms with Gasteiger partial charge in [0.1, 0.15) is 0 Å². The molecule has 17 heavy (non-hydrogen) atoms. The summed E-state index contributed by atoms with van der Waals surface area (Å²) in [4.78, 5) is 0. The highest BCUT2D eigenvalue weighted by Gasteiger charge is 2.00. The van der Waals surface area contributed by atoms with E-state index in [-0.39, 0.29) is 0 Å². The number of alkyl halides is 1. The van der Waals surface area contributed by atoms with Gasteiger partial charge in [0.2, 0.25) is 0 Å². The van der Waals surface area contributed by atoms with Crippen molar-refractivity contribution in [3.8, 4) is 17.7 Å². The molecule has 0 aliphatic carbocycles. The van der Waals surface area contributed by atoms with Crippen molar-refractivity contribution < 1.29 is 0 Å². The van der Waals surface area contributed by atoms with Gasteiger partial charge < -0.3 is 0 Å². The topological polar surface area (TPSA) is 43.6 Å². The van der Waals surface area contributed by atoms with Gasteiger partial charge >= 0.3 is 0 Å². The molecule has 0 N–H and O–H groups in total. The van der Waals surface area contributed by atoms with Crippen LogP contribution >= 0.6 is 27.5 Å². The molecular formula is C11H8BrClN4. The molecule has 2 rings (SSSR count). The molecule has 0 spiro atoms. The van der Waals surface area contributed by atoms with Crippen molar-refractivity contribution in [3.63, 3.8) is 0 Å². The number of rotatable bonds is 2. The van der Waals surface area contributed by atoms with Gasteiger partial charge in [-0.1, -0.05) is 39.4 Å². The van der Waals surface area contributed by atoms with Crippen LogP contribution in [0.2, 0.25) is 5.15 Å². The molecule has 0 radical (unpaired) electrons. The zero-order valence-electron chi connectivity index (χ0n) is 8.77. The Balaban J connectivity index is 2.19. The smallest absolute Gasteiger partial charge is 0.175 e. The maximum absolute atomic E-state index is 5.66. The van der Waals surface area contributed by atoms with E-state index < -0.39 is 0 Å². The fourth-order valence-corrected chi connectivity index (χ4v) is 1.45. The number of hydrogen-bond acceptors (Lipinski definition) is 3. The van der Waals surface area contributed by atoms with E-state index in [1.807, 2.05) is 0 Å². The van der Waals surface area contributed by atoms with Crippen LogP contribution in [0, 0.1) is 11.8 Å². The second-order valence-corrected chi connectivity index (χ2v) is 4.31. The van der Waals surface area contributed by atoms with E-state index in [0.29, 0.717) is 11.0 Å². The predicted molar refractivity (Wildman–Crippen MR) is 69.5 cm³/mol. The first kappa shape index (κ1) is 12.1. The van der Waals surface area contributed by atoms with Gasteiger partial charge in [-0.3, -0.25) is 0 Å². The normalized spacial score (nSPS) is 9.76. The fraction of sp³-hybridized carbons (Fsp3) is 0.182. The lowest BCUT2D eigenvalue weighted by molar-refractivity contribution is 0.814. The lowest BCUT2D eigenvalue weighted by Gasteiger charge is -1.96. The summed E-state index contributed by atoms with van der Waals surface area (Å²) in [7, 11) is 0. The summed E-state index contributed by atoms with van der Waals surface area (Å²) in [6.07, 6.45) is 4.31. The van der Waals surface area contributed by atoms with E-state index in [4.69, 9.17) is 11.6 Å². The lowest BCUT2D eigenvalue weighted by atomic mass is 10.3. The highest BCUT2D eigenvalue weighted by molar-refractivity contribution is 9.09. The second-order valence-electron chi connectivity index (χ2n) is 3.13. The van der Waals surface area contributed by atoms with E-state index >= 15 is 0 Å².